The van der Waals surface area contributed by atoms with Gasteiger partial charge < -0.3 is 0 Å². The van der Waals surface area contributed by atoms with Crippen LogP contribution in [0.25, 0.3) is 5.57 Å². The molecule has 1 atom stereocenters. The maximum atomic E-state index is 14.2. The smallest absolute Gasteiger partial charge is 0.298 e. The lowest BCUT2D eigenvalue weighted by Crippen LogP contribution is -2.31. The summed E-state index contributed by atoms with van der Waals surface area (Å²) < 4.78 is 42.7. The number of amides is 1. The summed E-state index contributed by atoms with van der Waals surface area (Å²) in [7, 11) is 0. The number of carbonyl (C=O) groups is 1. The van der Waals surface area contributed by atoms with E-state index >= 15 is 0 Å². The second-order valence-corrected chi connectivity index (χ2v) is 10.0. The highest BCUT2D eigenvalue weighted by atomic mass is 32.1. The Bertz CT molecular complexity index is 1210. The number of hydrogen-bond acceptors (Lipinski definition) is 6. The lowest BCUT2D eigenvalue weighted by molar-refractivity contribution is -0.137. The number of alkyl halides is 3. The van der Waals surface area contributed by atoms with Gasteiger partial charge in [0, 0.05) is 23.6 Å². The minimum Gasteiger partial charge on any atom is -0.298 e. The fraction of sp³-hybridized carbons (Fsp3) is 0.417. The average molecular weight is 488 g/mol. The minimum atomic E-state index is -4.64. The summed E-state index contributed by atoms with van der Waals surface area (Å²) in [6.07, 6.45) is 3.30. The number of thiazole rings is 1. The molecule has 6 nitrogen and oxygen atoms in total. The monoisotopic (exact) mass is 487 g/mol. The van der Waals surface area contributed by atoms with E-state index in [1.807, 2.05) is 13.0 Å². The number of nitrogens with one attached hydrogen (secondary N) is 1. The first-order valence-corrected chi connectivity index (χ1v) is 12.1. The molecule has 5 rings (SSSR count). The Morgan fingerprint density at radius 2 is 2.06 bits per heavy atom. The molecule has 1 aromatic heterocycles. The van der Waals surface area contributed by atoms with E-state index in [1.54, 1.807) is 24.6 Å². The van der Waals surface area contributed by atoms with Crippen LogP contribution in [0.15, 0.2) is 45.9 Å². The fourth-order valence-corrected chi connectivity index (χ4v) is 5.11. The number of benzene rings is 1. The number of aromatic nitrogens is 1. The zero-order valence-electron chi connectivity index (χ0n) is 18.8. The van der Waals surface area contributed by atoms with Crippen molar-refractivity contribution in [3.05, 3.63) is 47.0 Å². The second-order valence-electron chi connectivity index (χ2n) is 9.11. The van der Waals surface area contributed by atoms with Gasteiger partial charge in [0.05, 0.1) is 17.0 Å². The SMILES string of the molecule is CC1=NC2(C)CC2=NN1c1ccc(/C(=C\C2CCCC2)C(=O)Nc2nccs2)cc1C(F)(F)F. The Labute approximate surface area is 199 Å². The molecule has 178 valence electrons. The van der Waals surface area contributed by atoms with E-state index in [2.05, 4.69) is 20.4 Å². The number of fused-ring (bicyclic) bond motifs is 1. The van der Waals surface area contributed by atoms with Crippen LogP contribution in [-0.4, -0.2) is 28.0 Å². The average Bonchev–Trinajstić information content (AvgIpc) is 3.18. The number of amidine groups is 1. The Morgan fingerprint density at radius 3 is 2.74 bits per heavy atom. The zero-order chi connectivity index (χ0) is 24.1. The third-order valence-corrected chi connectivity index (χ3v) is 7.17. The number of rotatable bonds is 5. The summed E-state index contributed by atoms with van der Waals surface area (Å²) in [6, 6.07) is 3.98. The predicted molar refractivity (Wildman–Crippen MR) is 128 cm³/mol. The van der Waals surface area contributed by atoms with Gasteiger partial charge >= 0.3 is 6.18 Å². The van der Waals surface area contributed by atoms with Crippen LogP contribution in [0.2, 0.25) is 0 Å². The van der Waals surface area contributed by atoms with Gasteiger partial charge in [-0.2, -0.15) is 18.3 Å². The maximum absolute atomic E-state index is 14.2. The Balaban J connectivity index is 1.55. The molecule has 2 aromatic rings. The lowest BCUT2D eigenvalue weighted by Gasteiger charge is -2.26. The molecular weight excluding hydrogens is 463 g/mol. The number of nitrogens with zero attached hydrogens (tertiary/aromatic N) is 4. The van der Waals surface area contributed by atoms with Gasteiger partial charge in [-0.3, -0.25) is 15.1 Å². The van der Waals surface area contributed by atoms with Crippen LogP contribution in [0.4, 0.5) is 24.0 Å². The summed E-state index contributed by atoms with van der Waals surface area (Å²) in [5, 5.41) is 10.5. The summed E-state index contributed by atoms with van der Waals surface area (Å²) in [5.41, 5.74) is -0.131. The van der Waals surface area contributed by atoms with Crippen molar-refractivity contribution in [2.75, 3.05) is 10.3 Å². The van der Waals surface area contributed by atoms with E-state index in [9.17, 15) is 18.0 Å². The van der Waals surface area contributed by atoms with Crippen molar-refractivity contribution in [1.29, 1.82) is 0 Å². The molecule has 0 radical (unpaired) electrons. The van der Waals surface area contributed by atoms with Crippen LogP contribution in [0.5, 0.6) is 0 Å². The van der Waals surface area contributed by atoms with Gasteiger partial charge in [0.1, 0.15) is 11.4 Å². The van der Waals surface area contributed by atoms with Crippen molar-refractivity contribution in [3.63, 3.8) is 0 Å². The normalized spacial score (nSPS) is 22.9. The van der Waals surface area contributed by atoms with Crippen molar-refractivity contribution >= 4 is 45.2 Å². The van der Waals surface area contributed by atoms with Crippen LogP contribution in [0, 0.1) is 5.92 Å². The van der Waals surface area contributed by atoms with Gasteiger partial charge in [0.25, 0.3) is 5.91 Å². The molecule has 1 aliphatic heterocycles. The standard InChI is InChI=1S/C24H24F3N5OS/c1-14-30-23(2)13-20(23)31-32(14)19-8-7-16(12-18(19)24(25,26)27)17(11-15-5-3-4-6-15)21(33)29-22-28-9-10-34-22/h7-12,15H,3-6,13H2,1-2H3,(H,28,29,33)/b17-11+. The largest absolute Gasteiger partial charge is 0.418 e. The summed E-state index contributed by atoms with van der Waals surface area (Å²) in [5.74, 6) is 0.0964. The van der Waals surface area contributed by atoms with Crippen LogP contribution < -0.4 is 10.3 Å². The van der Waals surface area contributed by atoms with E-state index < -0.39 is 17.6 Å². The Morgan fingerprint density at radius 1 is 1.29 bits per heavy atom. The highest BCUT2D eigenvalue weighted by molar-refractivity contribution is 7.13. The highest BCUT2D eigenvalue weighted by Crippen LogP contribution is 2.44. The van der Waals surface area contributed by atoms with Crippen LogP contribution in [-0.2, 0) is 11.0 Å². The van der Waals surface area contributed by atoms with Gasteiger partial charge in [-0.15, -0.1) is 11.3 Å². The van der Waals surface area contributed by atoms with E-state index in [0.29, 0.717) is 17.4 Å². The number of hydrogen-bond donors (Lipinski definition) is 1. The number of anilines is 2. The molecule has 10 heteroatoms. The molecule has 0 spiro atoms. The Kier molecular flexibility index (Phi) is 5.58. The molecular formula is C24H24F3N5OS. The maximum Gasteiger partial charge on any atom is 0.418 e. The first-order chi connectivity index (χ1) is 16.1. The van der Waals surface area contributed by atoms with E-state index in [1.165, 1.54) is 22.4 Å². The molecule has 1 aromatic carbocycles. The minimum absolute atomic E-state index is 0.0977. The summed E-state index contributed by atoms with van der Waals surface area (Å²) in [6.45, 7) is 3.58. The molecule has 0 saturated heterocycles. The molecule has 1 N–H and O–H groups in total. The highest BCUT2D eigenvalue weighted by Gasteiger charge is 2.50. The van der Waals surface area contributed by atoms with Gasteiger partial charge in [-0.05, 0) is 50.3 Å². The molecule has 2 aliphatic carbocycles. The third-order valence-electron chi connectivity index (χ3n) is 6.48. The molecule has 2 fully saturated rings. The Hall–Kier alpha value is -3.01. The molecule has 34 heavy (non-hydrogen) atoms. The van der Waals surface area contributed by atoms with Crippen molar-refractivity contribution in [1.82, 2.24) is 4.98 Å². The van der Waals surface area contributed by atoms with Crippen molar-refractivity contribution in [2.45, 2.75) is 57.7 Å². The van der Waals surface area contributed by atoms with Crippen molar-refractivity contribution in [2.24, 2.45) is 16.0 Å². The lowest BCUT2D eigenvalue weighted by atomic mass is 9.96. The second kappa shape index (κ2) is 8.33. The molecule has 1 amide bonds. The first kappa shape index (κ1) is 22.8. The number of allylic oxidation sites excluding steroid dienone is 1. The molecule has 2 heterocycles. The van der Waals surface area contributed by atoms with Crippen LogP contribution in [0.1, 0.15) is 57.1 Å². The fourth-order valence-electron chi connectivity index (χ4n) is 4.58. The van der Waals surface area contributed by atoms with Gasteiger partial charge in [-0.25, -0.2) is 9.99 Å². The molecule has 2 saturated carbocycles. The predicted octanol–water partition coefficient (Wildman–Crippen LogP) is 6.13. The number of hydrazone groups is 1. The van der Waals surface area contributed by atoms with Crippen LogP contribution in [0.3, 0.4) is 0 Å². The van der Waals surface area contributed by atoms with E-state index in [4.69, 9.17) is 0 Å². The first-order valence-electron chi connectivity index (χ1n) is 11.2. The number of halogens is 3. The topological polar surface area (TPSA) is 70.0 Å². The summed E-state index contributed by atoms with van der Waals surface area (Å²) in [4.78, 5) is 21.7. The molecule has 3 aliphatic rings. The third kappa shape index (κ3) is 4.38. The zero-order valence-corrected chi connectivity index (χ0v) is 19.6. The van der Waals surface area contributed by atoms with Gasteiger partial charge in [0.15, 0.2) is 5.13 Å². The number of aliphatic imine (C=N–C) groups is 1. The van der Waals surface area contributed by atoms with Gasteiger partial charge in [-0.1, -0.05) is 25.0 Å². The summed E-state index contributed by atoms with van der Waals surface area (Å²) >= 11 is 1.25. The van der Waals surface area contributed by atoms with Crippen LogP contribution >= 0.6 is 11.3 Å². The number of carbonyl (C=O) groups excluding carboxylic acids is 1. The van der Waals surface area contributed by atoms with E-state index in [-0.39, 0.29) is 28.3 Å². The van der Waals surface area contributed by atoms with Gasteiger partial charge in [0.2, 0.25) is 0 Å². The van der Waals surface area contributed by atoms with Crippen molar-refractivity contribution in [3.8, 4) is 0 Å². The quantitative estimate of drug-likeness (QED) is 0.516. The van der Waals surface area contributed by atoms with E-state index in [0.717, 1.165) is 37.5 Å². The van der Waals surface area contributed by atoms with Crippen molar-refractivity contribution < 1.29 is 18.0 Å². The molecule has 0 bridgehead atoms. The molecule has 1 unspecified atom stereocenters.